The predicted molar refractivity (Wildman–Crippen MR) is 82.8 cm³/mol. The van der Waals surface area contributed by atoms with Gasteiger partial charge in [0.2, 0.25) is 5.91 Å². The number of carbonyl (C=O) groups excluding carboxylic acids is 2. The number of rotatable bonds is 5. The lowest BCUT2D eigenvalue weighted by Crippen LogP contribution is -2.47. The van der Waals surface area contributed by atoms with Crippen LogP contribution in [-0.4, -0.2) is 32.6 Å². The summed E-state index contributed by atoms with van der Waals surface area (Å²) in [6.07, 6.45) is 4.76. The molecule has 0 heterocycles. The van der Waals surface area contributed by atoms with Gasteiger partial charge in [-0.3, -0.25) is 9.59 Å². The van der Waals surface area contributed by atoms with Gasteiger partial charge in [0, 0.05) is 0 Å². The summed E-state index contributed by atoms with van der Waals surface area (Å²) >= 11 is 0. The van der Waals surface area contributed by atoms with Crippen molar-refractivity contribution in [3.8, 4) is 5.75 Å². The van der Waals surface area contributed by atoms with Crippen molar-refractivity contribution in [2.75, 3.05) is 20.8 Å². The van der Waals surface area contributed by atoms with E-state index in [9.17, 15) is 9.59 Å². The maximum Gasteiger partial charge on any atom is 0.325 e. The van der Waals surface area contributed by atoms with Crippen LogP contribution in [-0.2, 0) is 19.7 Å². The van der Waals surface area contributed by atoms with E-state index in [1.165, 1.54) is 7.11 Å². The van der Waals surface area contributed by atoms with E-state index in [1.54, 1.807) is 7.11 Å². The van der Waals surface area contributed by atoms with Gasteiger partial charge >= 0.3 is 5.97 Å². The van der Waals surface area contributed by atoms with Crippen LogP contribution in [0.25, 0.3) is 0 Å². The minimum Gasteiger partial charge on any atom is -0.497 e. The Hall–Kier alpha value is -2.04. The molecule has 2 rings (SSSR count). The zero-order valence-electron chi connectivity index (χ0n) is 13.2. The number of carbonyl (C=O) groups is 2. The maximum atomic E-state index is 12.7. The molecular weight excluding hydrogens is 282 g/mol. The van der Waals surface area contributed by atoms with Gasteiger partial charge in [0.25, 0.3) is 0 Å². The Balaban J connectivity index is 2.22. The molecule has 0 radical (unpaired) electrons. The van der Waals surface area contributed by atoms with Crippen LogP contribution in [0.3, 0.4) is 0 Å². The van der Waals surface area contributed by atoms with Gasteiger partial charge in [0.15, 0.2) is 0 Å². The Morgan fingerprint density at radius 1 is 1.09 bits per heavy atom. The molecule has 0 saturated heterocycles. The molecular formula is C17H23NO4. The lowest BCUT2D eigenvalue weighted by molar-refractivity contribution is -0.142. The Labute approximate surface area is 131 Å². The zero-order valence-corrected chi connectivity index (χ0v) is 13.2. The molecule has 120 valence electrons. The first-order chi connectivity index (χ1) is 10.6. The van der Waals surface area contributed by atoms with E-state index >= 15 is 0 Å². The third-order valence-corrected chi connectivity index (χ3v) is 4.41. The Kier molecular flexibility index (Phi) is 5.41. The van der Waals surface area contributed by atoms with Crippen molar-refractivity contribution in [2.45, 2.75) is 37.5 Å². The summed E-state index contributed by atoms with van der Waals surface area (Å²) in [5, 5.41) is 2.73. The van der Waals surface area contributed by atoms with E-state index in [-0.39, 0.29) is 12.5 Å². The van der Waals surface area contributed by atoms with E-state index in [0.717, 1.165) is 43.4 Å². The quantitative estimate of drug-likeness (QED) is 0.847. The standard InChI is InChI=1S/C17H23NO4/c1-21-14-8-6-13(7-9-14)17(10-4-3-5-11-17)16(20)18-12-15(19)22-2/h6-9H,3-5,10-12H2,1-2H3,(H,18,20). The third kappa shape index (κ3) is 3.40. The number of benzene rings is 1. The molecule has 0 unspecified atom stereocenters. The number of amides is 1. The molecule has 1 amide bonds. The molecule has 1 aliphatic rings. The summed E-state index contributed by atoms with van der Waals surface area (Å²) in [4.78, 5) is 24.0. The maximum absolute atomic E-state index is 12.7. The van der Waals surface area contributed by atoms with Gasteiger partial charge in [0.1, 0.15) is 12.3 Å². The summed E-state index contributed by atoms with van der Waals surface area (Å²) in [7, 11) is 2.93. The number of methoxy groups -OCH3 is 2. The topological polar surface area (TPSA) is 64.6 Å². The van der Waals surface area contributed by atoms with Gasteiger partial charge in [-0.25, -0.2) is 0 Å². The first-order valence-corrected chi connectivity index (χ1v) is 7.62. The van der Waals surface area contributed by atoms with Crippen molar-refractivity contribution in [3.05, 3.63) is 29.8 Å². The molecule has 22 heavy (non-hydrogen) atoms. The van der Waals surface area contributed by atoms with Crippen molar-refractivity contribution in [3.63, 3.8) is 0 Å². The molecule has 0 atom stereocenters. The normalized spacial score (nSPS) is 16.6. The molecule has 5 heteroatoms. The van der Waals surface area contributed by atoms with Crippen LogP contribution < -0.4 is 10.1 Å². The second-order valence-corrected chi connectivity index (χ2v) is 5.63. The number of esters is 1. The minimum atomic E-state index is -0.557. The second-order valence-electron chi connectivity index (χ2n) is 5.63. The van der Waals surface area contributed by atoms with Crippen molar-refractivity contribution in [1.82, 2.24) is 5.32 Å². The molecule has 1 aliphatic carbocycles. The zero-order chi connectivity index (χ0) is 16.0. The van der Waals surface area contributed by atoms with Gasteiger partial charge in [0.05, 0.1) is 19.6 Å². The highest BCUT2D eigenvalue weighted by Crippen LogP contribution is 2.40. The number of hydrogen-bond donors (Lipinski definition) is 1. The summed E-state index contributed by atoms with van der Waals surface area (Å²) in [5.41, 5.74) is 0.425. The van der Waals surface area contributed by atoms with E-state index < -0.39 is 11.4 Å². The second kappa shape index (κ2) is 7.29. The Bertz CT molecular complexity index is 518. The van der Waals surface area contributed by atoms with Crippen LogP contribution in [0.5, 0.6) is 5.75 Å². The first kappa shape index (κ1) is 16.3. The molecule has 1 aromatic carbocycles. The van der Waals surface area contributed by atoms with E-state index in [0.29, 0.717) is 0 Å². The molecule has 0 bridgehead atoms. The fourth-order valence-electron chi connectivity index (χ4n) is 3.11. The lowest BCUT2D eigenvalue weighted by Gasteiger charge is -2.36. The molecule has 5 nitrogen and oxygen atoms in total. The van der Waals surface area contributed by atoms with Gasteiger partial charge in [-0.1, -0.05) is 31.4 Å². The molecule has 1 fully saturated rings. The van der Waals surface area contributed by atoms with Crippen LogP contribution in [0.2, 0.25) is 0 Å². The van der Waals surface area contributed by atoms with Crippen molar-refractivity contribution >= 4 is 11.9 Å². The van der Waals surface area contributed by atoms with Crippen LogP contribution in [0.15, 0.2) is 24.3 Å². The average molecular weight is 305 g/mol. The van der Waals surface area contributed by atoms with Gasteiger partial charge in [-0.05, 0) is 30.5 Å². The summed E-state index contributed by atoms with van der Waals surface area (Å²) < 4.78 is 9.77. The van der Waals surface area contributed by atoms with Crippen LogP contribution >= 0.6 is 0 Å². The highest BCUT2D eigenvalue weighted by molar-refractivity contribution is 5.90. The van der Waals surface area contributed by atoms with E-state index in [1.807, 2.05) is 24.3 Å². The molecule has 0 aromatic heterocycles. The first-order valence-electron chi connectivity index (χ1n) is 7.62. The Morgan fingerprint density at radius 2 is 1.73 bits per heavy atom. The molecule has 0 spiro atoms. The number of hydrogen-bond acceptors (Lipinski definition) is 4. The fraction of sp³-hybridized carbons (Fsp3) is 0.529. The van der Waals surface area contributed by atoms with Crippen molar-refractivity contribution < 1.29 is 19.1 Å². The average Bonchev–Trinajstić information content (AvgIpc) is 2.59. The van der Waals surface area contributed by atoms with Crippen LogP contribution in [0.4, 0.5) is 0 Å². The third-order valence-electron chi connectivity index (χ3n) is 4.41. The monoisotopic (exact) mass is 305 g/mol. The van der Waals surface area contributed by atoms with E-state index in [4.69, 9.17) is 4.74 Å². The van der Waals surface area contributed by atoms with Crippen molar-refractivity contribution in [1.29, 1.82) is 0 Å². The Morgan fingerprint density at radius 3 is 2.27 bits per heavy atom. The smallest absolute Gasteiger partial charge is 0.325 e. The van der Waals surface area contributed by atoms with Gasteiger partial charge < -0.3 is 14.8 Å². The number of ether oxygens (including phenoxy) is 2. The summed E-state index contributed by atoms with van der Waals surface area (Å²) in [6, 6.07) is 7.64. The SMILES string of the molecule is COC(=O)CNC(=O)C1(c2ccc(OC)cc2)CCCCC1. The molecule has 1 aromatic rings. The van der Waals surface area contributed by atoms with Gasteiger partial charge in [-0.15, -0.1) is 0 Å². The molecule has 1 N–H and O–H groups in total. The number of nitrogens with one attached hydrogen (secondary N) is 1. The lowest BCUT2D eigenvalue weighted by atomic mass is 9.68. The molecule has 0 aliphatic heterocycles. The van der Waals surface area contributed by atoms with E-state index in [2.05, 4.69) is 10.1 Å². The largest absolute Gasteiger partial charge is 0.497 e. The fourth-order valence-corrected chi connectivity index (χ4v) is 3.11. The van der Waals surface area contributed by atoms with Crippen molar-refractivity contribution in [2.24, 2.45) is 0 Å². The predicted octanol–water partition coefficient (Wildman–Crippen LogP) is 2.19. The minimum absolute atomic E-state index is 0.0900. The highest BCUT2D eigenvalue weighted by Gasteiger charge is 2.41. The highest BCUT2D eigenvalue weighted by atomic mass is 16.5. The summed E-state index contributed by atoms with van der Waals surface area (Å²) in [5.74, 6) is 0.237. The van der Waals surface area contributed by atoms with Gasteiger partial charge in [-0.2, -0.15) is 0 Å². The molecule has 1 saturated carbocycles. The van der Waals surface area contributed by atoms with Crippen LogP contribution in [0.1, 0.15) is 37.7 Å². The van der Waals surface area contributed by atoms with Crippen LogP contribution in [0, 0.1) is 0 Å². The summed E-state index contributed by atoms with van der Waals surface area (Å²) in [6.45, 7) is -0.0900.